The Hall–Kier alpha value is 0.01000. The minimum absolute atomic E-state index is 0. The average molecular weight is 311 g/mol. The van der Waals surface area contributed by atoms with Crippen LogP contribution in [0.25, 0.3) is 0 Å². The molecule has 0 aromatic heterocycles. The van der Waals surface area contributed by atoms with Gasteiger partial charge in [-0.15, -0.1) is 12.4 Å². The highest BCUT2D eigenvalue weighted by Gasteiger charge is 2.29. The lowest BCUT2D eigenvalue weighted by molar-refractivity contribution is 0.0845. The molecule has 102 valence electrons. The zero-order chi connectivity index (χ0) is 12.4. The predicted molar refractivity (Wildman–Crippen MR) is 78.6 cm³/mol. The van der Waals surface area contributed by atoms with Crippen molar-refractivity contribution in [1.82, 2.24) is 0 Å². The number of benzene rings is 1. The van der Waals surface area contributed by atoms with Gasteiger partial charge >= 0.3 is 0 Å². The van der Waals surface area contributed by atoms with Crippen molar-refractivity contribution in [3.8, 4) is 0 Å². The Morgan fingerprint density at radius 2 is 1.83 bits per heavy atom. The summed E-state index contributed by atoms with van der Waals surface area (Å²) < 4.78 is 0. The third kappa shape index (κ3) is 3.31. The highest BCUT2D eigenvalue weighted by Crippen LogP contribution is 2.36. The quantitative estimate of drug-likeness (QED) is 0.887. The molecule has 0 unspecified atom stereocenters. The summed E-state index contributed by atoms with van der Waals surface area (Å²) in [5.41, 5.74) is 6.83. The first kappa shape index (κ1) is 16.1. The molecule has 2 atom stereocenters. The van der Waals surface area contributed by atoms with Crippen LogP contribution in [0.2, 0.25) is 10.0 Å². The Morgan fingerprint density at radius 3 is 2.44 bits per heavy atom. The molecule has 2 nitrogen and oxygen atoms in total. The third-order valence-corrected chi connectivity index (χ3v) is 4.42. The first-order valence-electron chi connectivity index (χ1n) is 5.99. The van der Waals surface area contributed by atoms with Gasteiger partial charge in [-0.05, 0) is 30.4 Å². The Kier molecular flexibility index (Phi) is 6.22. The van der Waals surface area contributed by atoms with Crippen molar-refractivity contribution in [2.24, 2.45) is 11.7 Å². The molecule has 1 fully saturated rings. The van der Waals surface area contributed by atoms with Crippen LogP contribution in [0.5, 0.6) is 0 Å². The summed E-state index contributed by atoms with van der Waals surface area (Å²) in [5.74, 6) is 0.292. The Labute approximate surface area is 124 Å². The predicted octanol–water partition coefficient (Wildman–Crippen LogP) is 3.97. The van der Waals surface area contributed by atoms with Gasteiger partial charge in [0.05, 0.1) is 22.2 Å². The number of nitrogens with two attached hydrogens (primary N) is 1. The van der Waals surface area contributed by atoms with Crippen molar-refractivity contribution in [2.75, 3.05) is 0 Å². The number of aliphatic hydroxyl groups excluding tert-OH is 1. The van der Waals surface area contributed by atoms with Crippen LogP contribution in [0.15, 0.2) is 18.2 Å². The van der Waals surface area contributed by atoms with Crippen LogP contribution in [0, 0.1) is 5.92 Å². The van der Waals surface area contributed by atoms with E-state index in [1.165, 1.54) is 12.8 Å². The number of rotatable bonds is 3. The monoisotopic (exact) mass is 309 g/mol. The second kappa shape index (κ2) is 6.97. The molecule has 0 radical (unpaired) electrons. The van der Waals surface area contributed by atoms with E-state index in [0.717, 1.165) is 18.4 Å². The molecule has 2 rings (SSSR count). The number of halogens is 3. The highest BCUT2D eigenvalue weighted by atomic mass is 35.5. The summed E-state index contributed by atoms with van der Waals surface area (Å²) in [6.07, 6.45) is 3.92. The van der Waals surface area contributed by atoms with Crippen molar-refractivity contribution < 1.29 is 5.11 Å². The fourth-order valence-electron chi connectivity index (χ4n) is 2.55. The lowest BCUT2D eigenvalue weighted by Crippen LogP contribution is -2.32. The zero-order valence-electron chi connectivity index (χ0n) is 9.98. The molecule has 0 bridgehead atoms. The van der Waals surface area contributed by atoms with Gasteiger partial charge in [-0.1, -0.05) is 48.2 Å². The van der Waals surface area contributed by atoms with Crippen molar-refractivity contribution in [3.05, 3.63) is 33.8 Å². The van der Waals surface area contributed by atoms with E-state index in [2.05, 4.69) is 0 Å². The maximum Gasteiger partial charge on any atom is 0.0761 e. The summed E-state index contributed by atoms with van der Waals surface area (Å²) >= 11 is 12.1. The third-order valence-electron chi connectivity index (χ3n) is 3.59. The zero-order valence-corrected chi connectivity index (χ0v) is 12.3. The van der Waals surface area contributed by atoms with Gasteiger partial charge in [-0.2, -0.15) is 0 Å². The van der Waals surface area contributed by atoms with Gasteiger partial charge in [-0.3, -0.25) is 0 Å². The molecule has 5 heteroatoms. The minimum atomic E-state index is -0.534. The van der Waals surface area contributed by atoms with Crippen LogP contribution in [-0.4, -0.2) is 11.2 Å². The van der Waals surface area contributed by atoms with Crippen molar-refractivity contribution in [1.29, 1.82) is 0 Å². The van der Waals surface area contributed by atoms with Crippen molar-refractivity contribution >= 4 is 35.6 Å². The molecule has 18 heavy (non-hydrogen) atoms. The topological polar surface area (TPSA) is 46.2 Å². The van der Waals surface area contributed by atoms with Crippen LogP contribution >= 0.6 is 35.6 Å². The lowest BCUT2D eigenvalue weighted by atomic mass is 9.91. The summed E-state index contributed by atoms with van der Waals surface area (Å²) in [5, 5.41) is 11.2. The van der Waals surface area contributed by atoms with Crippen molar-refractivity contribution in [3.63, 3.8) is 0 Å². The van der Waals surface area contributed by atoms with E-state index in [9.17, 15) is 5.11 Å². The maximum absolute atomic E-state index is 10.3. The van der Waals surface area contributed by atoms with Crippen LogP contribution in [0.1, 0.15) is 37.3 Å². The number of aliphatic hydroxyl groups is 1. The normalized spacial score (nSPS) is 19.3. The van der Waals surface area contributed by atoms with Crippen LogP contribution in [0.4, 0.5) is 0 Å². The maximum atomic E-state index is 10.3. The van der Waals surface area contributed by atoms with E-state index >= 15 is 0 Å². The van der Waals surface area contributed by atoms with E-state index in [4.69, 9.17) is 28.9 Å². The average Bonchev–Trinajstić information content (AvgIpc) is 2.84. The summed E-state index contributed by atoms with van der Waals surface area (Å²) in [7, 11) is 0. The molecule has 0 saturated heterocycles. The standard InChI is InChI=1S/C13H17Cl2NO.ClH/c14-10-7-3-6-9(11(10)15)12(16)13(17)8-4-1-2-5-8;/h3,6-8,12-13,17H,1-2,4-5,16H2;1H/t12-,13+;/m1./s1. The van der Waals surface area contributed by atoms with Gasteiger partial charge in [0.25, 0.3) is 0 Å². The molecule has 0 amide bonds. The second-order valence-corrected chi connectivity index (χ2v) is 5.49. The molecule has 1 saturated carbocycles. The SMILES string of the molecule is Cl.N[C@H](c1cccc(Cl)c1Cl)[C@@H](O)C1CCCC1. The van der Waals surface area contributed by atoms with Gasteiger partial charge in [-0.25, -0.2) is 0 Å². The minimum Gasteiger partial charge on any atom is -0.391 e. The van der Waals surface area contributed by atoms with Gasteiger partial charge in [0.1, 0.15) is 0 Å². The molecular weight excluding hydrogens is 293 g/mol. The Morgan fingerprint density at radius 1 is 1.22 bits per heavy atom. The van der Waals surface area contributed by atoms with E-state index in [0.29, 0.717) is 16.0 Å². The fourth-order valence-corrected chi connectivity index (χ4v) is 2.99. The summed E-state index contributed by atoms with van der Waals surface area (Å²) in [4.78, 5) is 0. The summed E-state index contributed by atoms with van der Waals surface area (Å²) in [6, 6.07) is 4.91. The second-order valence-electron chi connectivity index (χ2n) is 4.70. The molecule has 0 spiro atoms. The molecule has 1 aromatic rings. The van der Waals surface area contributed by atoms with Gasteiger partial charge in [0.2, 0.25) is 0 Å². The molecular formula is C13H18Cl3NO. The Bertz CT molecular complexity index is 394. The molecule has 3 N–H and O–H groups in total. The first-order valence-corrected chi connectivity index (χ1v) is 6.74. The number of hydrogen-bond donors (Lipinski definition) is 2. The largest absolute Gasteiger partial charge is 0.391 e. The van der Waals surface area contributed by atoms with Crippen LogP contribution in [0.3, 0.4) is 0 Å². The van der Waals surface area contributed by atoms with Crippen molar-refractivity contribution in [2.45, 2.75) is 37.8 Å². The molecule has 1 aliphatic rings. The molecule has 1 aromatic carbocycles. The lowest BCUT2D eigenvalue weighted by Gasteiger charge is -2.25. The van der Waals surface area contributed by atoms with Crippen LogP contribution in [-0.2, 0) is 0 Å². The first-order chi connectivity index (χ1) is 8.11. The molecule has 0 heterocycles. The van der Waals surface area contributed by atoms with E-state index in [1.807, 2.05) is 12.1 Å². The smallest absolute Gasteiger partial charge is 0.0761 e. The Balaban J connectivity index is 0.00000162. The van der Waals surface area contributed by atoms with E-state index in [1.54, 1.807) is 6.07 Å². The van der Waals surface area contributed by atoms with E-state index in [-0.39, 0.29) is 12.4 Å². The van der Waals surface area contributed by atoms with Gasteiger partial charge in [0, 0.05) is 0 Å². The summed E-state index contributed by atoms with van der Waals surface area (Å²) in [6.45, 7) is 0. The number of hydrogen-bond acceptors (Lipinski definition) is 2. The van der Waals surface area contributed by atoms with E-state index < -0.39 is 12.1 Å². The van der Waals surface area contributed by atoms with Gasteiger partial charge in [0.15, 0.2) is 0 Å². The van der Waals surface area contributed by atoms with Gasteiger partial charge < -0.3 is 10.8 Å². The highest BCUT2D eigenvalue weighted by molar-refractivity contribution is 6.42. The van der Waals surface area contributed by atoms with Crippen LogP contribution < -0.4 is 5.73 Å². The molecule has 0 aliphatic heterocycles. The fraction of sp³-hybridized carbons (Fsp3) is 0.538. The molecule has 1 aliphatic carbocycles.